The maximum absolute atomic E-state index is 10.3. The van der Waals surface area contributed by atoms with E-state index >= 15 is 0 Å². The van der Waals surface area contributed by atoms with E-state index in [1.165, 1.54) is 10.8 Å². The molecule has 0 amide bonds. The standard InChI is InChI=1S/C6H4N4O/c11-3-6-8-2-5-1-7-4-9-10(5)6/h1-4H. The third-order valence-corrected chi connectivity index (χ3v) is 1.34. The van der Waals surface area contributed by atoms with Gasteiger partial charge >= 0.3 is 0 Å². The van der Waals surface area contributed by atoms with Gasteiger partial charge in [0.1, 0.15) is 11.8 Å². The molecule has 0 fully saturated rings. The first-order chi connectivity index (χ1) is 5.42. The Hall–Kier alpha value is -1.78. The third kappa shape index (κ3) is 0.778. The molecule has 0 radical (unpaired) electrons. The van der Waals surface area contributed by atoms with Crippen LogP contribution in [0, 0.1) is 0 Å². The van der Waals surface area contributed by atoms with E-state index < -0.39 is 0 Å². The van der Waals surface area contributed by atoms with Crippen molar-refractivity contribution in [2.24, 2.45) is 0 Å². The summed E-state index contributed by atoms with van der Waals surface area (Å²) >= 11 is 0. The lowest BCUT2D eigenvalue weighted by atomic mass is 10.6. The van der Waals surface area contributed by atoms with Crippen LogP contribution in [-0.4, -0.2) is 25.9 Å². The van der Waals surface area contributed by atoms with Crippen LogP contribution in [0.2, 0.25) is 0 Å². The van der Waals surface area contributed by atoms with Gasteiger partial charge in [0, 0.05) is 0 Å². The summed E-state index contributed by atoms with van der Waals surface area (Å²) in [6, 6.07) is 0. The predicted octanol–water partition coefficient (Wildman–Crippen LogP) is -0.0632. The van der Waals surface area contributed by atoms with Gasteiger partial charge in [-0.1, -0.05) is 0 Å². The van der Waals surface area contributed by atoms with Gasteiger partial charge in [0.15, 0.2) is 12.1 Å². The van der Waals surface area contributed by atoms with Crippen molar-refractivity contribution in [2.75, 3.05) is 0 Å². The van der Waals surface area contributed by atoms with E-state index in [0.29, 0.717) is 12.1 Å². The topological polar surface area (TPSA) is 60.2 Å². The summed E-state index contributed by atoms with van der Waals surface area (Å²) in [7, 11) is 0. The fourth-order valence-corrected chi connectivity index (χ4v) is 0.859. The highest BCUT2D eigenvalue weighted by Crippen LogP contribution is 1.98. The molecule has 0 aliphatic heterocycles. The lowest BCUT2D eigenvalue weighted by Crippen LogP contribution is -1.96. The van der Waals surface area contributed by atoms with E-state index in [2.05, 4.69) is 15.1 Å². The summed E-state index contributed by atoms with van der Waals surface area (Å²) in [5.74, 6) is 0.294. The molecule has 0 aliphatic carbocycles. The highest BCUT2D eigenvalue weighted by atomic mass is 16.1. The van der Waals surface area contributed by atoms with E-state index in [-0.39, 0.29) is 0 Å². The molecule has 2 aromatic heterocycles. The Labute approximate surface area is 61.7 Å². The first kappa shape index (κ1) is 5.96. The van der Waals surface area contributed by atoms with E-state index in [9.17, 15) is 4.79 Å². The zero-order valence-corrected chi connectivity index (χ0v) is 5.51. The quantitative estimate of drug-likeness (QED) is 0.531. The number of hydrogen-bond donors (Lipinski definition) is 0. The number of carbonyl (C=O) groups is 1. The fraction of sp³-hybridized carbons (Fsp3) is 0. The molecule has 0 unspecified atom stereocenters. The first-order valence-electron chi connectivity index (χ1n) is 3.01. The van der Waals surface area contributed by atoms with E-state index in [1.54, 1.807) is 12.4 Å². The molecule has 0 N–H and O–H groups in total. The zero-order valence-electron chi connectivity index (χ0n) is 5.51. The average Bonchev–Trinajstić information content (AvgIpc) is 2.47. The van der Waals surface area contributed by atoms with E-state index in [1.807, 2.05) is 0 Å². The van der Waals surface area contributed by atoms with Gasteiger partial charge in [-0.15, -0.1) is 0 Å². The summed E-state index contributed by atoms with van der Waals surface area (Å²) in [5, 5.41) is 3.82. The van der Waals surface area contributed by atoms with Crippen molar-refractivity contribution in [1.82, 2.24) is 19.6 Å². The molecular weight excluding hydrogens is 144 g/mol. The molecule has 0 aromatic carbocycles. The molecule has 0 aliphatic rings. The predicted molar refractivity (Wildman–Crippen MR) is 36.2 cm³/mol. The van der Waals surface area contributed by atoms with Crippen LogP contribution in [0.4, 0.5) is 0 Å². The van der Waals surface area contributed by atoms with Gasteiger partial charge in [0.25, 0.3) is 0 Å². The number of imidazole rings is 1. The molecule has 0 saturated heterocycles. The van der Waals surface area contributed by atoms with Crippen molar-refractivity contribution in [3.05, 3.63) is 24.5 Å². The number of aldehydes is 1. The Bertz CT molecular complexity index is 394. The fourth-order valence-electron chi connectivity index (χ4n) is 0.859. The monoisotopic (exact) mass is 148 g/mol. The molecule has 2 rings (SSSR count). The van der Waals surface area contributed by atoms with E-state index in [0.717, 1.165) is 5.52 Å². The van der Waals surface area contributed by atoms with Gasteiger partial charge < -0.3 is 0 Å². The largest absolute Gasteiger partial charge is 0.294 e. The number of rotatable bonds is 1. The molecule has 11 heavy (non-hydrogen) atoms. The van der Waals surface area contributed by atoms with Crippen molar-refractivity contribution >= 4 is 11.8 Å². The number of fused-ring (bicyclic) bond motifs is 1. The molecule has 0 spiro atoms. The molecule has 2 heterocycles. The molecule has 0 atom stereocenters. The first-order valence-corrected chi connectivity index (χ1v) is 3.01. The molecule has 5 nitrogen and oxygen atoms in total. The van der Waals surface area contributed by atoms with Crippen molar-refractivity contribution in [3.8, 4) is 0 Å². The minimum absolute atomic E-state index is 0.294. The smallest absolute Gasteiger partial charge is 0.194 e. The van der Waals surface area contributed by atoms with Crippen molar-refractivity contribution < 1.29 is 4.79 Å². The van der Waals surface area contributed by atoms with Crippen LogP contribution >= 0.6 is 0 Å². The van der Waals surface area contributed by atoms with Gasteiger partial charge in [0.2, 0.25) is 0 Å². The Balaban J connectivity index is 2.86. The Morgan fingerprint density at radius 2 is 2.36 bits per heavy atom. The minimum Gasteiger partial charge on any atom is -0.294 e. The van der Waals surface area contributed by atoms with Crippen LogP contribution in [0.3, 0.4) is 0 Å². The number of hydrogen-bond acceptors (Lipinski definition) is 4. The second-order valence-electron chi connectivity index (χ2n) is 1.98. The molecule has 54 valence electrons. The molecule has 2 aromatic rings. The number of nitrogens with zero attached hydrogens (tertiary/aromatic N) is 4. The van der Waals surface area contributed by atoms with Gasteiger partial charge in [-0.25, -0.2) is 14.5 Å². The van der Waals surface area contributed by atoms with Crippen molar-refractivity contribution in [2.45, 2.75) is 0 Å². The SMILES string of the molecule is O=Cc1ncc2cncnn12. The normalized spacial score (nSPS) is 10.2. The maximum atomic E-state index is 10.3. The van der Waals surface area contributed by atoms with Crippen molar-refractivity contribution in [3.63, 3.8) is 0 Å². The van der Waals surface area contributed by atoms with Gasteiger partial charge in [-0.2, -0.15) is 5.10 Å². The van der Waals surface area contributed by atoms with E-state index in [4.69, 9.17) is 0 Å². The Kier molecular flexibility index (Phi) is 1.15. The maximum Gasteiger partial charge on any atom is 0.194 e. The van der Waals surface area contributed by atoms with Crippen LogP contribution < -0.4 is 0 Å². The second kappa shape index (κ2) is 2.12. The van der Waals surface area contributed by atoms with Crippen LogP contribution in [0.5, 0.6) is 0 Å². The summed E-state index contributed by atoms with van der Waals surface area (Å²) < 4.78 is 1.43. The van der Waals surface area contributed by atoms with Crippen LogP contribution in [0.15, 0.2) is 18.7 Å². The van der Waals surface area contributed by atoms with Gasteiger partial charge in [0.05, 0.1) is 12.4 Å². The zero-order chi connectivity index (χ0) is 7.68. The van der Waals surface area contributed by atoms with Crippen LogP contribution in [-0.2, 0) is 0 Å². The highest BCUT2D eigenvalue weighted by Gasteiger charge is 2.00. The summed E-state index contributed by atoms with van der Waals surface area (Å²) in [6.07, 6.45) is 5.15. The molecule has 0 saturated carbocycles. The molecule has 0 bridgehead atoms. The Morgan fingerprint density at radius 3 is 3.18 bits per heavy atom. The van der Waals surface area contributed by atoms with Crippen LogP contribution in [0.25, 0.3) is 5.52 Å². The minimum atomic E-state index is 0.294. The van der Waals surface area contributed by atoms with Crippen molar-refractivity contribution in [1.29, 1.82) is 0 Å². The lowest BCUT2D eigenvalue weighted by Gasteiger charge is -1.88. The molecular formula is C6H4N4O. The van der Waals surface area contributed by atoms with Crippen LogP contribution in [0.1, 0.15) is 10.6 Å². The van der Waals surface area contributed by atoms with Gasteiger partial charge in [-0.3, -0.25) is 4.79 Å². The van der Waals surface area contributed by atoms with Gasteiger partial charge in [-0.05, 0) is 0 Å². The second-order valence-corrected chi connectivity index (χ2v) is 1.98. The average molecular weight is 148 g/mol. The Morgan fingerprint density at radius 1 is 1.45 bits per heavy atom. The lowest BCUT2D eigenvalue weighted by molar-refractivity contribution is 0.111. The summed E-state index contributed by atoms with van der Waals surface area (Å²) in [6.45, 7) is 0. The number of aromatic nitrogens is 4. The molecule has 5 heteroatoms. The number of carbonyl (C=O) groups excluding carboxylic acids is 1. The summed E-state index contributed by atoms with van der Waals surface area (Å²) in [5.41, 5.74) is 0.717. The summed E-state index contributed by atoms with van der Waals surface area (Å²) in [4.78, 5) is 17.9. The highest BCUT2D eigenvalue weighted by molar-refractivity contribution is 5.71. The third-order valence-electron chi connectivity index (χ3n) is 1.34.